The van der Waals surface area contributed by atoms with Gasteiger partial charge in [-0.2, -0.15) is 5.48 Å². The first kappa shape index (κ1) is 25.1. The van der Waals surface area contributed by atoms with Crippen LogP contribution in [0.4, 0.5) is 0 Å². The minimum absolute atomic E-state index is 0.0893. The zero-order chi connectivity index (χ0) is 24.9. The normalized spacial score (nSPS) is 17.7. The lowest BCUT2D eigenvalue weighted by Gasteiger charge is -2.44. The van der Waals surface area contributed by atoms with E-state index in [2.05, 4.69) is 5.16 Å². The zero-order valence-electron chi connectivity index (χ0n) is 18.9. The van der Waals surface area contributed by atoms with Gasteiger partial charge in [0.05, 0.1) is 11.8 Å². The Bertz CT molecular complexity index is 1030. The van der Waals surface area contributed by atoms with E-state index >= 15 is 0 Å². The van der Waals surface area contributed by atoms with E-state index in [1.807, 2.05) is 5.48 Å². The summed E-state index contributed by atoms with van der Waals surface area (Å²) in [6.45, 7) is 4.60. The Morgan fingerprint density at radius 1 is 1.26 bits per heavy atom. The van der Waals surface area contributed by atoms with Crippen LogP contribution in [0.3, 0.4) is 0 Å². The van der Waals surface area contributed by atoms with Gasteiger partial charge in [-0.1, -0.05) is 17.3 Å². The van der Waals surface area contributed by atoms with Crippen LogP contribution in [0.1, 0.15) is 32.8 Å². The third kappa shape index (κ3) is 6.73. The van der Waals surface area contributed by atoms with Gasteiger partial charge in [-0.3, -0.25) is 14.5 Å². The minimum atomic E-state index is -0.908. The molecule has 1 fully saturated rings. The molecule has 0 spiro atoms. The van der Waals surface area contributed by atoms with Crippen LogP contribution in [0.5, 0.6) is 5.75 Å². The van der Waals surface area contributed by atoms with E-state index in [-0.39, 0.29) is 22.7 Å². The molecule has 3 rings (SSSR count). The number of hydrogen-bond acceptors (Lipinski definition) is 10. The highest BCUT2D eigenvalue weighted by Gasteiger charge is 2.45. The number of carbonyl (C=O) groups excluding carboxylic acids is 4. The number of hydroxylamine groups is 1. The Labute approximate surface area is 200 Å². The van der Waals surface area contributed by atoms with Gasteiger partial charge in [-0.15, -0.1) is 11.8 Å². The monoisotopic (exact) mass is 491 g/mol. The number of nitrogens with zero attached hydrogens (tertiary/aromatic N) is 2. The number of thioether (sulfide) groups is 1. The van der Waals surface area contributed by atoms with Crippen LogP contribution in [0.25, 0.3) is 0 Å². The second-order valence-corrected chi connectivity index (χ2v) is 9.65. The Kier molecular flexibility index (Phi) is 7.82. The number of oxime groups is 1. The molecule has 0 unspecified atom stereocenters. The number of β-lactam (4-membered cyclic amide) rings is 1. The number of fused-ring (bicyclic) bond motifs is 1. The lowest BCUT2D eigenvalue weighted by Crippen LogP contribution is -2.54. The molecule has 34 heavy (non-hydrogen) atoms. The summed E-state index contributed by atoms with van der Waals surface area (Å²) in [5.41, 5.74) is 2.83. The summed E-state index contributed by atoms with van der Waals surface area (Å²) < 4.78 is 5.02. The average Bonchev–Trinajstić information content (AvgIpc) is 2.75. The molecular weight excluding hydrogens is 466 g/mol. The maximum Gasteiger partial charge on any atom is 0.379 e. The summed E-state index contributed by atoms with van der Waals surface area (Å²) in [5, 5.41) is 12.6. The molecule has 182 valence electrons. The van der Waals surface area contributed by atoms with Gasteiger partial charge in [-0.05, 0) is 50.5 Å². The molecule has 1 saturated heterocycles. The van der Waals surface area contributed by atoms with E-state index < -0.39 is 30.1 Å². The van der Waals surface area contributed by atoms with Crippen LogP contribution < -0.4 is 5.48 Å². The van der Waals surface area contributed by atoms with Gasteiger partial charge < -0.3 is 19.5 Å². The first-order chi connectivity index (χ1) is 16.0. The van der Waals surface area contributed by atoms with Crippen molar-refractivity contribution in [1.82, 2.24) is 10.4 Å². The minimum Gasteiger partial charge on any atom is -0.508 e. The van der Waals surface area contributed by atoms with Gasteiger partial charge in [0.25, 0.3) is 5.91 Å². The van der Waals surface area contributed by atoms with Gasteiger partial charge in [-0.25, -0.2) is 9.59 Å². The molecule has 2 aliphatic rings. The van der Waals surface area contributed by atoms with Crippen molar-refractivity contribution in [2.24, 2.45) is 5.16 Å². The van der Waals surface area contributed by atoms with Gasteiger partial charge in [0.2, 0.25) is 12.5 Å². The summed E-state index contributed by atoms with van der Waals surface area (Å²) in [6, 6.07) is 6.50. The number of nitrogens with one attached hydrogen (secondary N) is 1. The number of esters is 1. The molecule has 0 saturated carbocycles. The molecule has 1 atom stereocenters. The molecular formula is C22H25N3O8S. The van der Waals surface area contributed by atoms with Crippen molar-refractivity contribution >= 4 is 41.7 Å². The predicted octanol–water partition coefficient (Wildman–Crippen LogP) is 1.41. The maximum absolute atomic E-state index is 12.8. The van der Waals surface area contributed by atoms with Gasteiger partial charge in [0.1, 0.15) is 23.3 Å². The van der Waals surface area contributed by atoms with Crippen LogP contribution in [0, 0.1) is 0 Å². The smallest absolute Gasteiger partial charge is 0.379 e. The highest BCUT2D eigenvalue weighted by Crippen LogP contribution is 2.41. The first-order valence-corrected chi connectivity index (χ1v) is 11.4. The molecule has 2 aliphatic heterocycles. The third-order valence-electron chi connectivity index (χ3n) is 4.57. The Balaban J connectivity index is 1.58. The number of benzene rings is 1. The third-order valence-corrected chi connectivity index (χ3v) is 5.85. The largest absolute Gasteiger partial charge is 0.508 e. The Morgan fingerprint density at radius 3 is 2.62 bits per heavy atom. The van der Waals surface area contributed by atoms with E-state index in [9.17, 15) is 24.3 Å². The van der Waals surface area contributed by atoms with E-state index in [0.717, 1.165) is 5.56 Å². The molecule has 0 radical (unpaired) electrons. The van der Waals surface area contributed by atoms with E-state index in [4.69, 9.17) is 14.4 Å². The molecule has 0 aromatic heterocycles. The van der Waals surface area contributed by atoms with E-state index in [1.54, 1.807) is 32.9 Å². The molecule has 2 heterocycles. The lowest BCUT2D eigenvalue weighted by atomic mass is 10.0. The van der Waals surface area contributed by atoms with Crippen molar-refractivity contribution in [1.29, 1.82) is 0 Å². The number of aromatic hydroxyl groups is 1. The summed E-state index contributed by atoms with van der Waals surface area (Å²) in [4.78, 5) is 59.3. The van der Waals surface area contributed by atoms with Crippen molar-refractivity contribution in [3.63, 3.8) is 0 Å². The topological polar surface area (TPSA) is 144 Å². The molecule has 1 aromatic carbocycles. The van der Waals surface area contributed by atoms with Crippen molar-refractivity contribution in [3.05, 3.63) is 41.1 Å². The number of amides is 2. The fraction of sp³-hybridized carbons (Fsp3) is 0.409. The number of ether oxygens (including phenoxy) is 1. The quantitative estimate of drug-likeness (QED) is 0.250. The second kappa shape index (κ2) is 10.6. The molecule has 11 nitrogen and oxygen atoms in total. The fourth-order valence-electron chi connectivity index (χ4n) is 3.18. The second-order valence-electron chi connectivity index (χ2n) is 8.48. The van der Waals surface area contributed by atoms with Crippen LogP contribution in [-0.4, -0.2) is 63.3 Å². The van der Waals surface area contributed by atoms with Gasteiger partial charge >= 0.3 is 11.9 Å². The van der Waals surface area contributed by atoms with Crippen LogP contribution in [-0.2, 0) is 40.0 Å². The maximum atomic E-state index is 12.8. The lowest BCUT2D eigenvalue weighted by molar-refractivity contribution is -0.160. The van der Waals surface area contributed by atoms with E-state index in [1.165, 1.54) is 28.8 Å². The van der Waals surface area contributed by atoms with Gasteiger partial charge in [0.15, 0.2) is 0 Å². The predicted molar refractivity (Wildman–Crippen MR) is 121 cm³/mol. The Morgan fingerprint density at radius 2 is 1.97 bits per heavy atom. The first-order valence-electron chi connectivity index (χ1n) is 10.4. The standard InChI is InChI=1S/C22H25N3O8S/c1-22(2,3)32-19(29)11-31-23-10-16(27)24-33-21(30)20-14(8-13-4-6-15(26)7-5-13)12-34-18-9-17(28)25(18)20/h4-7,10,18,26H,8-9,11-12H2,1-3H3,(H,24,27)/t18-/m0/s1. The number of phenolic OH excluding ortho intramolecular Hbond substituents is 1. The number of hydrogen-bond donors (Lipinski definition) is 2. The molecule has 0 bridgehead atoms. The number of phenols is 1. The Hall–Kier alpha value is -3.54. The number of carbonyl (C=O) groups is 4. The van der Waals surface area contributed by atoms with Crippen LogP contribution >= 0.6 is 11.8 Å². The molecule has 0 aliphatic carbocycles. The molecule has 2 N–H and O–H groups in total. The summed E-state index contributed by atoms with van der Waals surface area (Å²) >= 11 is 1.54. The van der Waals surface area contributed by atoms with Crippen LogP contribution in [0.15, 0.2) is 40.7 Å². The number of rotatable bonds is 7. The molecule has 12 heteroatoms. The van der Waals surface area contributed by atoms with Crippen molar-refractivity contribution in [3.8, 4) is 5.75 Å². The summed E-state index contributed by atoms with van der Waals surface area (Å²) in [5.74, 6) is -2.04. The highest BCUT2D eigenvalue weighted by atomic mass is 32.2. The van der Waals surface area contributed by atoms with E-state index in [0.29, 0.717) is 30.4 Å². The van der Waals surface area contributed by atoms with Crippen LogP contribution in [0.2, 0.25) is 0 Å². The highest BCUT2D eigenvalue weighted by molar-refractivity contribution is 8.00. The fourth-order valence-corrected chi connectivity index (χ4v) is 4.44. The SMILES string of the molecule is CC(C)(C)OC(=O)CON=CC(=O)NOC(=O)C1=C(Cc2ccc(O)cc2)CS[C@H]2CC(=O)N12. The molecule has 1 aromatic rings. The summed E-state index contributed by atoms with van der Waals surface area (Å²) in [7, 11) is 0. The average molecular weight is 492 g/mol. The molecule has 2 amide bonds. The van der Waals surface area contributed by atoms with Crippen molar-refractivity contribution in [2.45, 2.75) is 44.6 Å². The van der Waals surface area contributed by atoms with Crippen molar-refractivity contribution in [2.75, 3.05) is 12.4 Å². The summed E-state index contributed by atoms with van der Waals surface area (Å²) in [6.07, 6.45) is 1.38. The van der Waals surface area contributed by atoms with Gasteiger partial charge in [0, 0.05) is 5.75 Å². The van der Waals surface area contributed by atoms with Crippen molar-refractivity contribution < 1.29 is 38.7 Å². The zero-order valence-corrected chi connectivity index (χ0v) is 19.7.